The summed E-state index contributed by atoms with van der Waals surface area (Å²) in [4.78, 5) is 0. The Bertz CT molecular complexity index is 165. The van der Waals surface area contributed by atoms with Crippen molar-refractivity contribution in [3.63, 3.8) is 0 Å². The van der Waals surface area contributed by atoms with Gasteiger partial charge in [0.15, 0.2) is 0 Å². The van der Waals surface area contributed by atoms with E-state index in [1.807, 2.05) is 0 Å². The molecule has 0 aromatic carbocycles. The molecule has 0 rings (SSSR count). The van der Waals surface area contributed by atoms with Crippen LogP contribution in [0.15, 0.2) is 0 Å². The summed E-state index contributed by atoms with van der Waals surface area (Å²) in [6.07, 6.45) is 0. The van der Waals surface area contributed by atoms with Gasteiger partial charge in [-0.05, 0) is 0 Å². The summed E-state index contributed by atoms with van der Waals surface area (Å²) >= 11 is 0. The van der Waals surface area contributed by atoms with Crippen molar-refractivity contribution in [2.24, 2.45) is 5.73 Å². The van der Waals surface area contributed by atoms with E-state index in [9.17, 15) is 13.0 Å². The Kier molecular flexibility index (Phi) is 2.99. The van der Waals surface area contributed by atoms with Crippen molar-refractivity contribution in [2.75, 3.05) is 12.3 Å². The van der Waals surface area contributed by atoms with Crippen molar-refractivity contribution in [2.45, 2.75) is 5.76 Å². The van der Waals surface area contributed by atoms with Crippen molar-refractivity contribution < 1.29 is 13.0 Å². The standard InChI is InChI=1S/C3H8F2N2OS/c4-3(5)9(7,8)2-1-6/h3,7H,1-2,6H2. The van der Waals surface area contributed by atoms with E-state index >= 15 is 0 Å². The number of hydrogen-bond donors (Lipinski definition) is 2. The van der Waals surface area contributed by atoms with Gasteiger partial charge in [-0.3, -0.25) is 0 Å². The lowest BCUT2D eigenvalue weighted by molar-refractivity contribution is 0.241. The predicted octanol–water partition coefficient (Wildman–Crippen LogP) is 0.214. The molecule has 6 heteroatoms. The van der Waals surface area contributed by atoms with Gasteiger partial charge in [-0.2, -0.15) is 8.78 Å². The highest BCUT2D eigenvalue weighted by Gasteiger charge is 2.17. The van der Waals surface area contributed by atoms with Crippen molar-refractivity contribution in [1.29, 1.82) is 4.78 Å². The third kappa shape index (κ3) is 2.71. The van der Waals surface area contributed by atoms with Crippen LogP contribution in [-0.2, 0) is 9.73 Å². The number of halogens is 2. The van der Waals surface area contributed by atoms with Gasteiger partial charge in [0, 0.05) is 12.3 Å². The Morgan fingerprint density at radius 1 is 1.67 bits per heavy atom. The van der Waals surface area contributed by atoms with Crippen LogP contribution in [0.3, 0.4) is 0 Å². The number of nitrogens with one attached hydrogen (secondary N) is 1. The molecule has 0 aliphatic rings. The highest BCUT2D eigenvalue weighted by molar-refractivity contribution is 7.92. The lowest BCUT2D eigenvalue weighted by Gasteiger charge is -2.01. The molecule has 0 aliphatic carbocycles. The van der Waals surface area contributed by atoms with Crippen LogP contribution in [0, 0.1) is 4.78 Å². The molecular formula is C3H8F2N2OS. The van der Waals surface area contributed by atoms with Crippen molar-refractivity contribution in [3.8, 4) is 0 Å². The molecule has 0 aliphatic heterocycles. The van der Waals surface area contributed by atoms with Crippen LogP contribution in [0.25, 0.3) is 0 Å². The molecule has 0 aromatic rings. The zero-order valence-corrected chi connectivity index (χ0v) is 5.46. The topological polar surface area (TPSA) is 66.9 Å². The van der Waals surface area contributed by atoms with Crippen molar-refractivity contribution in [1.82, 2.24) is 0 Å². The fourth-order valence-corrected chi connectivity index (χ4v) is 0.792. The molecule has 0 saturated carbocycles. The first-order valence-corrected chi connectivity index (χ1v) is 4.03. The molecule has 3 N–H and O–H groups in total. The SMILES string of the molecule is N=S(=O)(CCN)C(F)F. The van der Waals surface area contributed by atoms with E-state index in [1.165, 1.54) is 0 Å². The maximum Gasteiger partial charge on any atom is 0.319 e. The Balaban J connectivity index is 4.05. The summed E-state index contributed by atoms with van der Waals surface area (Å²) in [5.74, 6) is -3.49. The van der Waals surface area contributed by atoms with Gasteiger partial charge < -0.3 is 5.73 Å². The molecule has 0 radical (unpaired) electrons. The summed E-state index contributed by atoms with van der Waals surface area (Å²) < 4.78 is 39.8. The van der Waals surface area contributed by atoms with Gasteiger partial charge in [0.1, 0.15) is 9.73 Å². The molecule has 3 nitrogen and oxygen atoms in total. The second kappa shape index (κ2) is 3.07. The largest absolute Gasteiger partial charge is 0.330 e. The summed E-state index contributed by atoms with van der Waals surface area (Å²) in [7, 11) is -3.71. The minimum atomic E-state index is -3.71. The van der Waals surface area contributed by atoms with E-state index in [1.54, 1.807) is 0 Å². The lowest BCUT2D eigenvalue weighted by Crippen LogP contribution is -2.20. The predicted molar refractivity (Wildman–Crippen MR) is 30.8 cm³/mol. The zero-order chi connectivity index (χ0) is 7.49. The molecule has 0 fully saturated rings. The number of alkyl halides is 2. The van der Waals surface area contributed by atoms with Crippen molar-refractivity contribution >= 4 is 9.73 Å². The summed E-state index contributed by atoms with van der Waals surface area (Å²) in [5.41, 5.74) is 4.82. The quantitative estimate of drug-likeness (QED) is 0.616. The van der Waals surface area contributed by atoms with Crippen LogP contribution in [0.2, 0.25) is 0 Å². The maximum atomic E-state index is 11.5. The second-order valence-corrected chi connectivity index (χ2v) is 3.70. The summed E-state index contributed by atoms with van der Waals surface area (Å²) in [6, 6.07) is 0. The molecule has 0 spiro atoms. The van der Waals surface area contributed by atoms with Crippen LogP contribution in [0.4, 0.5) is 8.78 Å². The molecule has 1 atom stereocenters. The number of nitrogens with two attached hydrogens (primary N) is 1. The van der Waals surface area contributed by atoms with Crippen molar-refractivity contribution in [3.05, 3.63) is 0 Å². The van der Waals surface area contributed by atoms with Crippen LogP contribution < -0.4 is 5.73 Å². The first kappa shape index (κ1) is 8.77. The van der Waals surface area contributed by atoms with Gasteiger partial charge in [0.05, 0.1) is 0 Å². The molecule has 0 amide bonds. The first-order valence-electron chi connectivity index (χ1n) is 2.24. The van der Waals surface area contributed by atoms with Gasteiger partial charge in [0.25, 0.3) is 0 Å². The van der Waals surface area contributed by atoms with Gasteiger partial charge in [-0.15, -0.1) is 0 Å². The average molecular weight is 158 g/mol. The minimum absolute atomic E-state index is 0.132. The molecule has 56 valence electrons. The number of hydrogen-bond acceptors (Lipinski definition) is 3. The smallest absolute Gasteiger partial charge is 0.319 e. The van der Waals surface area contributed by atoms with E-state index < -0.39 is 21.2 Å². The fourth-order valence-electron chi connectivity index (χ4n) is 0.264. The van der Waals surface area contributed by atoms with Gasteiger partial charge in [-0.1, -0.05) is 0 Å². The van der Waals surface area contributed by atoms with Gasteiger partial charge in [0.2, 0.25) is 0 Å². The summed E-state index contributed by atoms with van der Waals surface area (Å²) in [6.45, 7) is -0.132. The van der Waals surface area contributed by atoms with Gasteiger partial charge in [-0.25, -0.2) is 8.99 Å². The van der Waals surface area contributed by atoms with E-state index in [4.69, 9.17) is 10.5 Å². The molecule has 0 bridgehead atoms. The van der Waals surface area contributed by atoms with Crippen LogP contribution in [0.5, 0.6) is 0 Å². The Morgan fingerprint density at radius 2 is 2.11 bits per heavy atom. The third-order valence-corrected chi connectivity index (χ3v) is 2.13. The molecular weight excluding hydrogens is 150 g/mol. The van der Waals surface area contributed by atoms with E-state index in [2.05, 4.69) is 0 Å². The molecule has 9 heavy (non-hydrogen) atoms. The van der Waals surface area contributed by atoms with Crippen LogP contribution in [0.1, 0.15) is 0 Å². The van der Waals surface area contributed by atoms with E-state index in [-0.39, 0.29) is 6.54 Å². The Morgan fingerprint density at radius 3 is 2.22 bits per heavy atom. The fraction of sp³-hybridized carbons (Fsp3) is 1.00. The lowest BCUT2D eigenvalue weighted by atomic mass is 10.8. The average Bonchev–Trinajstić information content (AvgIpc) is 1.65. The normalized spacial score (nSPS) is 17.8. The molecule has 1 unspecified atom stereocenters. The van der Waals surface area contributed by atoms with Crippen LogP contribution in [-0.4, -0.2) is 22.3 Å². The zero-order valence-electron chi connectivity index (χ0n) is 4.64. The van der Waals surface area contributed by atoms with E-state index in [0.29, 0.717) is 0 Å². The number of rotatable bonds is 3. The molecule has 0 heterocycles. The third-order valence-electron chi connectivity index (χ3n) is 0.709. The second-order valence-electron chi connectivity index (χ2n) is 1.48. The molecule has 0 aromatic heterocycles. The Hall–Kier alpha value is -0.230. The highest BCUT2D eigenvalue weighted by Crippen LogP contribution is 2.04. The minimum Gasteiger partial charge on any atom is -0.330 e. The highest BCUT2D eigenvalue weighted by atomic mass is 32.2. The Labute approximate surface area is 52.2 Å². The van der Waals surface area contributed by atoms with Crippen LogP contribution >= 0.6 is 0 Å². The summed E-state index contributed by atoms with van der Waals surface area (Å²) in [5, 5.41) is 0. The maximum absolute atomic E-state index is 11.5. The monoisotopic (exact) mass is 158 g/mol. The van der Waals surface area contributed by atoms with E-state index in [0.717, 1.165) is 0 Å². The molecule has 0 saturated heterocycles. The van der Waals surface area contributed by atoms with Gasteiger partial charge >= 0.3 is 5.76 Å². The first-order chi connectivity index (χ1) is 4.00.